The minimum Gasteiger partial charge on any atom is -0.462 e. The molecule has 1 aliphatic heterocycles. The summed E-state index contributed by atoms with van der Waals surface area (Å²) in [6, 6.07) is 7.99. The molecule has 0 bridgehead atoms. The lowest BCUT2D eigenvalue weighted by Crippen LogP contribution is -2.55. The Balaban J connectivity index is 1.86. The van der Waals surface area contributed by atoms with Crippen molar-refractivity contribution in [2.45, 2.75) is 56.9 Å². The summed E-state index contributed by atoms with van der Waals surface area (Å²) in [5.74, 6) is 1.89. The van der Waals surface area contributed by atoms with Crippen LogP contribution in [0, 0.1) is 11.3 Å². The molecule has 206 valence electrons. The number of carbonyl (C=O) groups is 1. The first-order valence-electron chi connectivity index (χ1n) is 11.4. The van der Waals surface area contributed by atoms with E-state index in [2.05, 4.69) is 21.4 Å². The standard InChI is InChI=1S/C23H28ClN4O9P/c1-14(2)35-20(31)15(3)27-38(33,37-16-7-5-4-6-8-16)34-13-17-19(30)23(25,10-11-24)21(36-17)28-12-9-18(29)26-22(28)32/h4-9,12,14-15,17,19,21,30H,13,25H2,1-3H3,(H,27,33)(H,26,29,32)/t15-,17+,19?,21+,23+,38?/m0/s1. The third kappa shape index (κ3) is 6.92. The second-order valence-corrected chi connectivity index (χ2v) is 10.6. The van der Waals surface area contributed by atoms with Crippen LogP contribution in [-0.2, 0) is 23.4 Å². The fourth-order valence-corrected chi connectivity index (χ4v) is 5.23. The van der Waals surface area contributed by atoms with Crippen molar-refractivity contribution >= 4 is 25.3 Å². The summed E-state index contributed by atoms with van der Waals surface area (Å²) < 4.78 is 36.7. The van der Waals surface area contributed by atoms with E-state index in [4.69, 9.17) is 35.9 Å². The topological polar surface area (TPSA) is 184 Å². The number of nitrogens with one attached hydrogen (secondary N) is 2. The molecule has 0 aliphatic carbocycles. The molecule has 0 radical (unpaired) electrons. The number of rotatable bonds is 10. The van der Waals surface area contributed by atoms with E-state index in [1.807, 2.05) is 0 Å². The van der Waals surface area contributed by atoms with Crippen molar-refractivity contribution < 1.29 is 33.0 Å². The molecule has 2 unspecified atom stereocenters. The van der Waals surface area contributed by atoms with Crippen LogP contribution in [0.25, 0.3) is 0 Å². The highest BCUT2D eigenvalue weighted by Crippen LogP contribution is 2.46. The van der Waals surface area contributed by atoms with Gasteiger partial charge >= 0.3 is 19.4 Å². The second-order valence-electron chi connectivity index (χ2n) is 8.68. The number of nitrogens with zero attached hydrogens (tertiary/aromatic N) is 1. The van der Waals surface area contributed by atoms with Crippen molar-refractivity contribution in [1.82, 2.24) is 14.6 Å². The quantitative estimate of drug-likeness (QED) is 0.180. The van der Waals surface area contributed by atoms with Gasteiger partial charge in [-0.25, -0.2) is 9.36 Å². The van der Waals surface area contributed by atoms with Crippen LogP contribution in [0.5, 0.6) is 5.75 Å². The number of para-hydroxylation sites is 1. The smallest absolute Gasteiger partial charge is 0.459 e. The maximum atomic E-state index is 13.7. The van der Waals surface area contributed by atoms with Gasteiger partial charge in [-0.05, 0) is 44.5 Å². The van der Waals surface area contributed by atoms with Crippen molar-refractivity contribution in [3.05, 3.63) is 63.4 Å². The van der Waals surface area contributed by atoms with Crippen molar-refractivity contribution in [2.24, 2.45) is 5.73 Å². The van der Waals surface area contributed by atoms with Gasteiger partial charge < -0.3 is 24.8 Å². The number of H-pyrrole nitrogens is 1. The Morgan fingerprint density at radius 2 is 2.00 bits per heavy atom. The predicted molar refractivity (Wildman–Crippen MR) is 136 cm³/mol. The number of carbonyl (C=O) groups excluding carboxylic acids is 1. The van der Waals surface area contributed by atoms with Crippen LogP contribution in [0.15, 0.2) is 52.2 Å². The van der Waals surface area contributed by atoms with Crippen LogP contribution in [0.4, 0.5) is 0 Å². The number of aliphatic hydroxyl groups excluding tert-OH is 1. The molecule has 3 rings (SSSR count). The zero-order valence-corrected chi connectivity index (χ0v) is 22.3. The van der Waals surface area contributed by atoms with E-state index in [1.54, 1.807) is 32.0 Å². The second kappa shape index (κ2) is 12.3. The van der Waals surface area contributed by atoms with Gasteiger partial charge in [0, 0.05) is 17.6 Å². The molecule has 38 heavy (non-hydrogen) atoms. The molecule has 1 aromatic heterocycles. The molecule has 1 fully saturated rings. The minimum absolute atomic E-state index is 0.166. The van der Waals surface area contributed by atoms with Gasteiger partial charge in [0.15, 0.2) is 11.8 Å². The van der Waals surface area contributed by atoms with E-state index < -0.39 is 67.7 Å². The average molecular weight is 571 g/mol. The van der Waals surface area contributed by atoms with Gasteiger partial charge in [-0.1, -0.05) is 24.1 Å². The van der Waals surface area contributed by atoms with Gasteiger partial charge in [0.2, 0.25) is 0 Å². The number of nitrogens with two attached hydrogens (primary N) is 1. The number of hydrogen-bond donors (Lipinski definition) is 4. The summed E-state index contributed by atoms with van der Waals surface area (Å²) in [6.45, 7) is 4.15. The molecule has 15 heteroatoms. The molecular weight excluding hydrogens is 543 g/mol. The lowest BCUT2D eigenvalue weighted by molar-refractivity contribution is -0.149. The van der Waals surface area contributed by atoms with Crippen molar-refractivity contribution in [1.29, 1.82) is 0 Å². The van der Waals surface area contributed by atoms with Crippen LogP contribution in [0.3, 0.4) is 0 Å². The van der Waals surface area contributed by atoms with Crippen molar-refractivity contribution in [3.63, 3.8) is 0 Å². The first-order chi connectivity index (χ1) is 17.9. The molecule has 0 spiro atoms. The van der Waals surface area contributed by atoms with Crippen LogP contribution in [-0.4, -0.2) is 57.1 Å². The number of esters is 1. The van der Waals surface area contributed by atoms with Crippen LogP contribution in [0.1, 0.15) is 27.0 Å². The maximum Gasteiger partial charge on any atom is 0.459 e. The number of aromatic amines is 1. The number of aromatic nitrogens is 2. The minimum atomic E-state index is -4.30. The molecular formula is C23H28ClN4O9P. The maximum absolute atomic E-state index is 13.7. The normalized spacial score (nSPS) is 25.2. The predicted octanol–water partition coefficient (Wildman–Crippen LogP) is 0.826. The third-order valence-electron chi connectivity index (χ3n) is 5.36. The summed E-state index contributed by atoms with van der Waals surface area (Å²) in [7, 11) is -4.30. The molecule has 1 aromatic carbocycles. The Hall–Kier alpha value is -2.95. The molecule has 0 amide bonds. The van der Waals surface area contributed by atoms with Gasteiger partial charge in [-0.3, -0.25) is 23.7 Å². The van der Waals surface area contributed by atoms with Gasteiger partial charge in [-0.2, -0.15) is 5.09 Å². The number of halogens is 1. The number of benzene rings is 1. The summed E-state index contributed by atoms with van der Waals surface area (Å²) in [5.41, 5.74) is 2.84. The van der Waals surface area contributed by atoms with Crippen LogP contribution in [0.2, 0.25) is 0 Å². The zero-order chi connectivity index (χ0) is 28.1. The summed E-state index contributed by atoms with van der Waals surface area (Å²) in [4.78, 5) is 38.2. The first-order valence-corrected chi connectivity index (χ1v) is 13.3. The van der Waals surface area contributed by atoms with E-state index in [1.165, 1.54) is 19.1 Å². The SMILES string of the molecule is CC(C)OC(=O)[C@H](C)NP(=O)(OC[C@H]1O[C@@H](n2ccc(=O)[nH]c2=O)[C@@](N)(C#CCl)C1O)Oc1ccccc1. The Kier molecular flexibility index (Phi) is 9.56. The highest BCUT2D eigenvalue weighted by molar-refractivity contribution is 7.52. The monoisotopic (exact) mass is 570 g/mol. The van der Waals surface area contributed by atoms with Crippen LogP contribution >= 0.6 is 19.3 Å². The van der Waals surface area contributed by atoms with E-state index >= 15 is 0 Å². The summed E-state index contributed by atoms with van der Waals surface area (Å²) >= 11 is 5.56. The Morgan fingerprint density at radius 1 is 1.32 bits per heavy atom. The molecule has 2 heterocycles. The lowest BCUT2D eigenvalue weighted by Gasteiger charge is -2.27. The Labute approximate surface area is 222 Å². The highest BCUT2D eigenvalue weighted by atomic mass is 35.5. The highest BCUT2D eigenvalue weighted by Gasteiger charge is 2.55. The van der Waals surface area contributed by atoms with Gasteiger partial charge in [0.1, 0.15) is 24.0 Å². The molecule has 1 saturated heterocycles. The average Bonchev–Trinajstić information content (AvgIpc) is 3.08. The number of ether oxygens (including phenoxy) is 2. The largest absolute Gasteiger partial charge is 0.462 e. The van der Waals surface area contributed by atoms with E-state index in [0.717, 1.165) is 16.8 Å². The number of aliphatic hydroxyl groups is 1. The number of hydrogen-bond acceptors (Lipinski definition) is 10. The molecule has 6 atom stereocenters. The molecule has 0 saturated carbocycles. The van der Waals surface area contributed by atoms with Gasteiger partial charge in [-0.15, -0.1) is 0 Å². The van der Waals surface area contributed by atoms with E-state index in [9.17, 15) is 24.1 Å². The lowest BCUT2D eigenvalue weighted by atomic mass is 9.92. The Bertz CT molecular complexity index is 1360. The molecule has 2 aromatic rings. The fourth-order valence-electron chi connectivity index (χ4n) is 3.57. The van der Waals surface area contributed by atoms with Gasteiger partial charge in [0.25, 0.3) is 5.56 Å². The van der Waals surface area contributed by atoms with Crippen molar-refractivity contribution in [3.8, 4) is 17.0 Å². The Morgan fingerprint density at radius 3 is 2.61 bits per heavy atom. The molecule has 5 N–H and O–H groups in total. The summed E-state index contributed by atoms with van der Waals surface area (Å²) in [5, 5.41) is 15.6. The molecule has 13 nitrogen and oxygen atoms in total. The van der Waals surface area contributed by atoms with Crippen LogP contribution < -0.4 is 26.6 Å². The van der Waals surface area contributed by atoms with Gasteiger partial charge in [0.05, 0.1) is 12.7 Å². The van der Waals surface area contributed by atoms with Crippen molar-refractivity contribution in [2.75, 3.05) is 6.61 Å². The summed E-state index contributed by atoms with van der Waals surface area (Å²) in [6.07, 6.45) is -3.62. The first kappa shape index (κ1) is 29.6. The third-order valence-corrected chi connectivity index (χ3v) is 7.09. The fraction of sp³-hybridized carbons (Fsp3) is 0.435. The molecule has 1 aliphatic rings. The van der Waals surface area contributed by atoms with E-state index in [-0.39, 0.29) is 5.75 Å². The van der Waals surface area contributed by atoms with E-state index in [0.29, 0.717) is 0 Å². The zero-order valence-electron chi connectivity index (χ0n) is 20.7.